The Morgan fingerprint density at radius 1 is 1.17 bits per heavy atom. The van der Waals surface area contributed by atoms with Gasteiger partial charge in [0.25, 0.3) is 0 Å². The van der Waals surface area contributed by atoms with Gasteiger partial charge in [0.15, 0.2) is 0 Å². The molecule has 0 aliphatic rings. The number of furan rings is 1. The zero-order chi connectivity index (χ0) is 16.6. The highest BCUT2D eigenvalue weighted by molar-refractivity contribution is 6.33. The van der Waals surface area contributed by atoms with Crippen LogP contribution in [-0.2, 0) is 11.2 Å². The maximum atomic E-state index is 12.6. The molecule has 0 saturated heterocycles. The van der Waals surface area contributed by atoms with Gasteiger partial charge in [0.2, 0.25) is 5.91 Å². The predicted molar refractivity (Wildman–Crippen MR) is 94.5 cm³/mol. The van der Waals surface area contributed by atoms with Crippen molar-refractivity contribution in [3.8, 4) is 0 Å². The topological polar surface area (TPSA) is 33.5 Å². The summed E-state index contributed by atoms with van der Waals surface area (Å²) in [6.45, 7) is 1.92. The van der Waals surface area contributed by atoms with Crippen molar-refractivity contribution in [2.24, 2.45) is 0 Å². The number of benzene rings is 2. The third kappa shape index (κ3) is 3.07. The average Bonchev–Trinajstić information content (AvgIpc) is 2.89. The zero-order valence-corrected chi connectivity index (χ0v) is 14.3. The van der Waals surface area contributed by atoms with Gasteiger partial charge < -0.3 is 9.32 Å². The first-order valence-electron chi connectivity index (χ1n) is 7.14. The maximum Gasteiger partial charge on any atom is 0.231 e. The minimum Gasteiger partial charge on any atom is -0.464 e. The Labute approximate surface area is 144 Å². The first-order chi connectivity index (χ1) is 11.0. The van der Waals surface area contributed by atoms with Crippen LogP contribution < -0.4 is 4.90 Å². The number of hydrogen-bond acceptors (Lipinski definition) is 2. The molecule has 0 aliphatic carbocycles. The summed E-state index contributed by atoms with van der Waals surface area (Å²) in [5.74, 6) is -0.0718. The van der Waals surface area contributed by atoms with Crippen LogP contribution in [0.5, 0.6) is 0 Å². The minimum atomic E-state index is -0.0718. The number of nitrogens with zero attached hydrogens (tertiary/aromatic N) is 1. The Hall–Kier alpha value is -1.97. The molecule has 0 spiro atoms. The molecule has 0 N–H and O–H groups in total. The normalized spacial score (nSPS) is 11.0. The minimum absolute atomic E-state index is 0.0718. The summed E-state index contributed by atoms with van der Waals surface area (Å²) in [5, 5.41) is 2.06. The van der Waals surface area contributed by atoms with Crippen LogP contribution in [0, 0.1) is 6.92 Å². The number of amides is 1. The van der Waals surface area contributed by atoms with Crippen molar-refractivity contribution in [2.45, 2.75) is 13.3 Å². The highest BCUT2D eigenvalue weighted by atomic mass is 35.5. The Balaban J connectivity index is 1.89. The van der Waals surface area contributed by atoms with Crippen LogP contribution in [0.15, 0.2) is 47.1 Å². The second-order valence-corrected chi connectivity index (χ2v) is 6.25. The molecule has 0 radical (unpaired) electrons. The number of rotatable bonds is 3. The summed E-state index contributed by atoms with van der Waals surface area (Å²) >= 11 is 12.3. The lowest BCUT2D eigenvalue weighted by Gasteiger charge is -2.18. The average molecular weight is 348 g/mol. The van der Waals surface area contributed by atoms with Gasteiger partial charge >= 0.3 is 0 Å². The fourth-order valence-corrected chi connectivity index (χ4v) is 2.90. The van der Waals surface area contributed by atoms with E-state index in [0.717, 1.165) is 22.1 Å². The van der Waals surface area contributed by atoms with Gasteiger partial charge in [-0.3, -0.25) is 4.79 Å². The molecular formula is C18H15Cl2NO2. The summed E-state index contributed by atoms with van der Waals surface area (Å²) in [4.78, 5) is 14.1. The molecule has 0 aliphatic heterocycles. The fourth-order valence-electron chi connectivity index (χ4n) is 2.48. The van der Waals surface area contributed by atoms with Crippen LogP contribution in [0.2, 0.25) is 10.0 Å². The van der Waals surface area contributed by atoms with E-state index in [1.54, 1.807) is 24.3 Å². The molecule has 118 valence electrons. The molecular weight excluding hydrogens is 333 g/mol. The third-order valence-corrected chi connectivity index (χ3v) is 4.59. The number of aryl methyl sites for hydroxylation is 1. The number of carbonyl (C=O) groups is 1. The summed E-state index contributed by atoms with van der Waals surface area (Å²) in [6.07, 6.45) is 1.83. The monoisotopic (exact) mass is 347 g/mol. The van der Waals surface area contributed by atoms with E-state index in [1.165, 1.54) is 0 Å². The molecule has 0 unspecified atom stereocenters. The number of anilines is 1. The largest absolute Gasteiger partial charge is 0.464 e. The van der Waals surface area contributed by atoms with Crippen LogP contribution >= 0.6 is 23.2 Å². The Morgan fingerprint density at radius 2 is 1.91 bits per heavy atom. The molecule has 23 heavy (non-hydrogen) atoms. The molecule has 5 heteroatoms. The summed E-state index contributed by atoms with van der Waals surface area (Å²) in [6, 6.07) is 11.0. The Kier molecular flexibility index (Phi) is 4.33. The molecule has 3 rings (SSSR count). The second-order valence-electron chi connectivity index (χ2n) is 5.44. The Morgan fingerprint density at radius 3 is 2.65 bits per heavy atom. The van der Waals surface area contributed by atoms with E-state index in [2.05, 4.69) is 0 Å². The Bertz CT molecular complexity index is 886. The number of halogens is 2. The first kappa shape index (κ1) is 15.9. The van der Waals surface area contributed by atoms with Gasteiger partial charge in [-0.1, -0.05) is 35.3 Å². The van der Waals surface area contributed by atoms with E-state index in [1.807, 2.05) is 37.3 Å². The molecule has 1 heterocycles. The van der Waals surface area contributed by atoms with Crippen molar-refractivity contribution >= 4 is 45.8 Å². The van der Waals surface area contributed by atoms with E-state index in [0.29, 0.717) is 15.7 Å². The van der Waals surface area contributed by atoms with Crippen molar-refractivity contribution in [3.05, 3.63) is 63.8 Å². The molecule has 3 aromatic rings. The molecule has 0 bridgehead atoms. The van der Waals surface area contributed by atoms with Crippen LogP contribution in [0.4, 0.5) is 5.69 Å². The SMILES string of the molecule is Cc1cc2occ(CC(=O)N(C)c3ccccc3Cl)c2cc1Cl. The lowest BCUT2D eigenvalue weighted by Crippen LogP contribution is -2.28. The fraction of sp³-hybridized carbons (Fsp3) is 0.167. The van der Waals surface area contributed by atoms with Crippen molar-refractivity contribution < 1.29 is 9.21 Å². The predicted octanol–water partition coefficient (Wildman–Crippen LogP) is 5.25. The first-order valence-corrected chi connectivity index (χ1v) is 7.90. The maximum absolute atomic E-state index is 12.6. The molecule has 1 aromatic heterocycles. The van der Waals surface area contributed by atoms with Gasteiger partial charge in [-0.15, -0.1) is 0 Å². The highest BCUT2D eigenvalue weighted by Crippen LogP contribution is 2.29. The number of carbonyl (C=O) groups excluding carboxylic acids is 1. The number of hydrogen-bond donors (Lipinski definition) is 0. The van der Waals surface area contributed by atoms with Gasteiger partial charge in [-0.25, -0.2) is 0 Å². The van der Waals surface area contributed by atoms with E-state index >= 15 is 0 Å². The smallest absolute Gasteiger partial charge is 0.231 e. The van der Waals surface area contributed by atoms with E-state index < -0.39 is 0 Å². The van der Waals surface area contributed by atoms with Crippen molar-refractivity contribution in [3.63, 3.8) is 0 Å². The van der Waals surface area contributed by atoms with Gasteiger partial charge in [-0.2, -0.15) is 0 Å². The van der Waals surface area contributed by atoms with E-state index in [9.17, 15) is 4.79 Å². The van der Waals surface area contributed by atoms with Gasteiger partial charge in [-0.05, 0) is 36.8 Å². The highest BCUT2D eigenvalue weighted by Gasteiger charge is 2.17. The van der Waals surface area contributed by atoms with Crippen molar-refractivity contribution in [1.82, 2.24) is 0 Å². The van der Waals surface area contributed by atoms with E-state index in [-0.39, 0.29) is 12.3 Å². The number of para-hydroxylation sites is 1. The lowest BCUT2D eigenvalue weighted by atomic mass is 10.1. The van der Waals surface area contributed by atoms with Crippen LogP contribution in [-0.4, -0.2) is 13.0 Å². The third-order valence-electron chi connectivity index (χ3n) is 3.86. The van der Waals surface area contributed by atoms with Crippen LogP contribution in [0.25, 0.3) is 11.0 Å². The number of fused-ring (bicyclic) bond motifs is 1. The standard InChI is InChI=1S/C18H15Cl2NO2/c1-11-7-17-13(9-15(11)20)12(10-23-17)8-18(22)21(2)16-6-4-3-5-14(16)19/h3-7,9-10H,8H2,1-2H3. The zero-order valence-electron chi connectivity index (χ0n) is 12.8. The molecule has 0 atom stereocenters. The number of likely N-dealkylation sites (N-methyl/N-ethyl adjacent to an activating group) is 1. The molecule has 2 aromatic carbocycles. The summed E-state index contributed by atoms with van der Waals surface area (Å²) in [5.41, 5.74) is 3.17. The summed E-state index contributed by atoms with van der Waals surface area (Å²) in [7, 11) is 1.71. The molecule has 3 nitrogen and oxygen atoms in total. The molecule has 1 amide bonds. The quantitative estimate of drug-likeness (QED) is 0.647. The molecule has 0 fully saturated rings. The van der Waals surface area contributed by atoms with Crippen LogP contribution in [0.3, 0.4) is 0 Å². The molecule has 0 saturated carbocycles. The van der Waals surface area contributed by atoms with Crippen molar-refractivity contribution in [1.29, 1.82) is 0 Å². The van der Waals surface area contributed by atoms with Gasteiger partial charge in [0.05, 0.1) is 23.4 Å². The summed E-state index contributed by atoms with van der Waals surface area (Å²) < 4.78 is 5.54. The van der Waals surface area contributed by atoms with Crippen molar-refractivity contribution in [2.75, 3.05) is 11.9 Å². The van der Waals surface area contributed by atoms with Gasteiger partial charge in [0, 0.05) is 23.0 Å². The van der Waals surface area contributed by atoms with Gasteiger partial charge in [0.1, 0.15) is 5.58 Å². The van der Waals surface area contributed by atoms with Crippen LogP contribution in [0.1, 0.15) is 11.1 Å². The van der Waals surface area contributed by atoms with E-state index in [4.69, 9.17) is 27.6 Å². The second kappa shape index (κ2) is 6.26. The lowest BCUT2D eigenvalue weighted by molar-refractivity contribution is -0.117.